The van der Waals surface area contributed by atoms with Crippen LogP contribution in [0.25, 0.3) is 11.0 Å². The van der Waals surface area contributed by atoms with Crippen LogP contribution in [0.15, 0.2) is 53.1 Å². The number of carbonyl (C=O) groups excluding carboxylic acids is 1. The maximum Gasteiger partial charge on any atom is 0.179 e. The highest BCUT2D eigenvalue weighted by atomic mass is 19.1. The van der Waals surface area contributed by atoms with E-state index in [9.17, 15) is 9.18 Å². The zero-order valence-corrected chi connectivity index (χ0v) is 15.8. The van der Waals surface area contributed by atoms with Crippen molar-refractivity contribution in [1.82, 2.24) is 10.1 Å². The minimum absolute atomic E-state index is 0.0746. The van der Waals surface area contributed by atoms with E-state index in [2.05, 4.69) is 15.0 Å². The molecule has 0 saturated carbocycles. The van der Waals surface area contributed by atoms with Crippen molar-refractivity contribution in [2.24, 2.45) is 0 Å². The Kier molecular flexibility index (Phi) is 5.67. The van der Waals surface area contributed by atoms with Crippen LogP contribution >= 0.6 is 0 Å². The number of para-hydroxylation sites is 1. The van der Waals surface area contributed by atoms with Crippen LogP contribution in [0, 0.1) is 5.82 Å². The number of anilines is 1. The largest absolute Gasteiger partial charge is 0.354 e. The molecule has 146 valence electrons. The van der Waals surface area contributed by atoms with Gasteiger partial charge in [-0.25, -0.2) is 4.39 Å². The molecule has 1 aliphatic rings. The Labute approximate surface area is 163 Å². The molecule has 2 heterocycles. The summed E-state index contributed by atoms with van der Waals surface area (Å²) < 4.78 is 18.4. The summed E-state index contributed by atoms with van der Waals surface area (Å²) in [4.78, 5) is 16.9. The number of halogens is 1. The summed E-state index contributed by atoms with van der Waals surface area (Å²) in [6, 6.07) is 13.7. The van der Waals surface area contributed by atoms with Crippen LogP contribution in [0.4, 0.5) is 10.2 Å². The summed E-state index contributed by atoms with van der Waals surface area (Å²) in [5, 5.41) is 5.33. The van der Waals surface area contributed by atoms with Gasteiger partial charge >= 0.3 is 0 Å². The highest BCUT2D eigenvalue weighted by Crippen LogP contribution is 2.26. The van der Waals surface area contributed by atoms with Crippen LogP contribution in [0.5, 0.6) is 0 Å². The smallest absolute Gasteiger partial charge is 0.179 e. The summed E-state index contributed by atoms with van der Waals surface area (Å²) in [5.74, 6) is 0.681. The molecule has 2 aromatic carbocycles. The number of benzene rings is 2. The van der Waals surface area contributed by atoms with Crippen molar-refractivity contribution in [3.8, 4) is 0 Å². The van der Waals surface area contributed by atoms with Gasteiger partial charge < -0.3 is 14.3 Å². The minimum Gasteiger partial charge on any atom is -0.354 e. The van der Waals surface area contributed by atoms with E-state index in [1.54, 1.807) is 12.1 Å². The molecule has 0 spiro atoms. The highest BCUT2D eigenvalue weighted by Gasteiger charge is 2.19. The van der Waals surface area contributed by atoms with Crippen molar-refractivity contribution >= 4 is 22.6 Å². The topological polar surface area (TPSA) is 49.6 Å². The second kappa shape index (κ2) is 8.52. The van der Waals surface area contributed by atoms with E-state index in [-0.39, 0.29) is 11.6 Å². The van der Waals surface area contributed by atoms with Gasteiger partial charge in [0.05, 0.1) is 5.39 Å². The first-order chi connectivity index (χ1) is 13.7. The van der Waals surface area contributed by atoms with Crippen molar-refractivity contribution in [2.45, 2.75) is 19.3 Å². The van der Waals surface area contributed by atoms with E-state index in [4.69, 9.17) is 4.52 Å². The molecule has 1 saturated heterocycles. The molecule has 1 aliphatic heterocycles. The zero-order valence-electron chi connectivity index (χ0n) is 15.8. The van der Waals surface area contributed by atoms with Crippen LogP contribution in [0.1, 0.15) is 29.6 Å². The maximum absolute atomic E-state index is 13.0. The Hall–Kier alpha value is -2.73. The molecule has 0 atom stereocenters. The van der Waals surface area contributed by atoms with Crippen LogP contribution in [0.2, 0.25) is 0 Å². The lowest BCUT2D eigenvalue weighted by molar-refractivity contribution is 0.0975. The molecule has 1 aromatic heterocycles. The van der Waals surface area contributed by atoms with Crippen LogP contribution < -0.4 is 4.90 Å². The molecular weight excluding hydrogens is 357 g/mol. The number of rotatable bonds is 6. The van der Waals surface area contributed by atoms with Gasteiger partial charge in [0.15, 0.2) is 17.2 Å². The molecule has 5 nitrogen and oxygen atoms in total. The van der Waals surface area contributed by atoms with E-state index in [0.29, 0.717) is 12.0 Å². The molecular formula is C22H24FN3O2. The second-order valence-corrected chi connectivity index (χ2v) is 7.22. The van der Waals surface area contributed by atoms with E-state index in [1.807, 2.05) is 24.3 Å². The Morgan fingerprint density at radius 2 is 1.86 bits per heavy atom. The fourth-order valence-corrected chi connectivity index (χ4v) is 3.75. The van der Waals surface area contributed by atoms with E-state index >= 15 is 0 Å². The molecule has 3 aromatic rings. The Bertz CT molecular complexity index is 938. The second-order valence-electron chi connectivity index (χ2n) is 7.22. The quantitative estimate of drug-likeness (QED) is 0.601. The maximum atomic E-state index is 13.0. The van der Waals surface area contributed by atoms with Gasteiger partial charge in [0.2, 0.25) is 0 Å². The molecule has 4 rings (SSSR count). The molecule has 0 amide bonds. The third-order valence-corrected chi connectivity index (χ3v) is 5.29. The number of ketones is 1. The zero-order chi connectivity index (χ0) is 19.3. The Balaban J connectivity index is 1.28. The summed E-state index contributed by atoms with van der Waals surface area (Å²) in [7, 11) is 0. The van der Waals surface area contributed by atoms with Gasteiger partial charge in [0, 0.05) is 31.6 Å². The van der Waals surface area contributed by atoms with Crippen molar-refractivity contribution in [1.29, 1.82) is 0 Å². The van der Waals surface area contributed by atoms with Crippen LogP contribution in [-0.2, 0) is 0 Å². The van der Waals surface area contributed by atoms with Gasteiger partial charge in [-0.1, -0.05) is 17.3 Å². The summed E-state index contributed by atoms with van der Waals surface area (Å²) in [6.07, 6.45) is 2.34. The first kappa shape index (κ1) is 18.6. The molecule has 6 heteroatoms. The molecule has 0 unspecified atom stereocenters. The molecule has 0 radical (unpaired) electrons. The van der Waals surface area contributed by atoms with Crippen molar-refractivity contribution in [2.75, 3.05) is 37.6 Å². The number of nitrogens with zero attached hydrogens (tertiary/aromatic N) is 3. The van der Waals surface area contributed by atoms with Crippen LogP contribution in [-0.4, -0.2) is 48.6 Å². The third-order valence-electron chi connectivity index (χ3n) is 5.29. The van der Waals surface area contributed by atoms with Gasteiger partial charge in [-0.15, -0.1) is 0 Å². The average Bonchev–Trinajstić information content (AvgIpc) is 3.00. The Morgan fingerprint density at radius 3 is 2.71 bits per heavy atom. The lowest BCUT2D eigenvalue weighted by Gasteiger charge is -2.21. The van der Waals surface area contributed by atoms with Gasteiger partial charge in [-0.2, -0.15) is 0 Å². The predicted octanol–water partition coefficient (Wildman–Crippen LogP) is 4.14. The fourth-order valence-electron chi connectivity index (χ4n) is 3.75. The number of hydrogen-bond acceptors (Lipinski definition) is 5. The number of hydrogen-bond donors (Lipinski definition) is 0. The monoisotopic (exact) mass is 381 g/mol. The van der Waals surface area contributed by atoms with Crippen LogP contribution in [0.3, 0.4) is 0 Å². The lowest BCUT2D eigenvalue weighted by Crippen LogP contribution is -2.31. The highest BCUT2D eigenvalue weighted by molar-refractivity contribution is 5.96. The van der Waals surface area contributed by atoms with E-state index in [1.165, 1.54) is 12.1 Å². The number of fused-ring (bicyclic) bond motifs is 1. The number of carbonyl (C=O) groups is 1. The van der Waals surface area contributed by atoms with Gasteiger partial charge in [0.1, 0.15) is 5.82 Å². The first-order valence-electron chi connectivity index (χ1n) is 9.81. The van der Waals surface area contributed by atoms with Gasteiger partial charge in [-0.3, -0.25) is 4.79 Å². The SMILES string of the molecule is O=C(CCCN1CCCN(c2noc3ccccc23)CC1)c1ccc(F)cc1. The first-order valence-corrected chi connectivity index (χ1v) is 9.81. The predicted molar refractivity (Wildman–Crippen MR) is 107 cm³/mol. The Morgan fingerprint density at radius 1 is 1.04 bits per heavy atom. The average molecular weight is 381 g/mol. The molecule has 1 fully saturated rings. The fraction of sp³-hybridized carbons (Fsp3) is 0.364. The summed E-state index contributed by atoms with van der Waals surface area (Å²) in [5.41, 5.74) is 1.40. The standard InChI is InChI=1S/C22H24FN3O2/c23-18-10-8-17(9-11-18)20(27)6-3-12-25-13-4-14-26(16-15-25)22-19-5-1-2-7-21(19)28-24-22/h1-2,5,7-11H,3-4,6,12-16H2. The lowest BCUT2D eigenvalue weighted by atomic mass is 10.1. The van der Waals surface area contributed by atoms with Crippen molar-refractivity contribution in [3.63, 3.8) is 0 Å². The van der Waals surface area contributed by atoms with E-state index in [0.717, 1.165) is 62.4 Å². The van der Waals surface area contributed by atoms with Gasteiger partial charge in [-0.05, 0) is 62.3 Å². The molecule has 0 bridgehead atoms. The molecule has 0 N–H and O–H groups in total. The minimum atomic E-state index is -0.314. The summed E-state index contributed by atoms with van der Waals surface area (Å²) >= 11 is 0. The third kappa shape index (κ3) is 4.22. The van der Waals surface area contributed by atoms with E-state index < -0.39 is 0 Å². The number of Topliss-reactive ketones (excluding diaryl/α,β-unsaturated/α-hetero) is 1. The van der Waals surface area contributed by atoms with Crippen molar-refractivity contribution < 1.29 is 13.7 Å². The summed E-state index contributed by atoms with van der Waals surface area (Å²) in [6.45, 7) is 4.67. The number of aromatic nitrogens is 1. The van der Waals surface area contributed by atoms with Gasteiger partial charge in [0.25, 0.3) is 0 Å². The molecule has 0 aliphatic carbocycles. The normalized spacial score (nSPS) is 15.7. The molecule has 28 heavy (non-hydrogen) atoms. The van der Waals surface area contributed by atoms with Crippen molar-refractivity contribution in [3.05, 3.63) is 59.9 Å².